The molecule has 1 N–H and O–H groups in total. The highest BCUT2D eigenvalue weighted by Crippen LogP contribution is 2.15. The highest BCUT2D eigenvalue weighted by molar-refractivity contribution is 7.98. The molecule has 0 aliphatic heterocycles. The Bertz CT molecular complexity index is 786. The van der Waals surface area contributed by atoms with Crippen molar-refractivity contribution in [3.8, 4) is 0 Å². The number of nitrogens with one attached hydrogen (secondary N) is 1. The molecule has 0 saturated heterocycles. The van der Waals surface area contributed by atoms with Crippen LogP contribution in [0.4, 0.5) is 0 Å². The van der Waals surface area contributed by atoms with Gasteiger partial charge in [-0.3, -0.25) is 4.79 Å². The number of hydrogen-bond donors (Lipinski definition) is 1. The van der Waals surface area contributed by atoms with Gasteiger partial charge in [-0.15, -0.1) is 5.10 Å². The van der Waals surface area contributed by atoms with Crippen molar-refractivity contribution in [2.45, 2.75) is 45.4 Å². The number of thioether (sulfide) groups is 1. The van der Waals surface area contributed by atoms with Crippen molar-refractivity contribution in [2.24, 2.45) is 0 Å². The van der Waals surface area contributed by atoms with Crippen LogP contribution in [-0.4, -0.2) is 50.1 Å². The molecule has 1 amide bonds. The van der Waals surface area contributed by atoms with Crippen molar-refractivity contribution in [2.75, 3.05) is 12.0 Å². The van der Waals surface area contributed by atoms with E-state index in [0.717, 1.165) is 12.8 Å². The summed E-state index contributed by atoms with van der Waals surface area (Å²) >= 11 is 7.65. The number of esters is 1. The molecular weight excluding hydrogens is 402 g/mol. The maximum absolute atomic E-state index is 12.6. The van der Waals surface area contributed by atoms with Crippen LogP contribution in [0.5, 0.6) is 0 Å². The van der Waals surface area contributed by atoms with E-state index in [1.165, 1.54) is 0 Å². The molecule has 152 valence electrons. The zero-order chi connectivity index (χ0) is 20.4. The van der Waals surface area contributed by atoms with Crippen molar-refractivity contribution < 1.29 is 14.3 Å². The lowest BCUT2D eigenvalue weighted by Crippen LogP contribution is -2.42. The number of hydrogen-bond acceptors (Lipinski definition) is 7. The van der Waals surface area contributed by atoms with E-state index in [9.17, 15) is 9.59 Å². The van der Waals surface area contributed by atoms with Gasteiger partial charge >= 0.3 is 5.97 Å². The fourth-order valence-corrected chi connectivity index (χ4v) is 3.10. The topological polar surface area (TPSA) is 99.0 Å². The Balaban J connectivity index is 2.00. The zero-order valence-electron chi connectivity index (χ0n) is 15.9. The van der Waals surface area contributed by atoms with Gasteiger partial charge in [0.25, 0.3) is 5.91 Å². The molecule has 1 aromatic carbocycles. The zero-order valence-corrected chi connectivity index (χ0v) is 17.5. The number of unbranched alkanes of at least 4 members (excludes halogenated alkanes) is 1. The van der Waals surface area contributed by atoms with Gasteiger partial charge in [0.15, 0.2) is 12.4 Å². The molecule has 2 rings (SSSR count). The number of aromatic nitrogens is 4. The van der Waals surface area contributed by atoms with E-state index in [1.807, 2.05) is 6.26 Å². The Morgan fingerprint density at radius 1 is 1.36 bits per heavy atom. The van der Waals surface area contributed by atoms with Crippen LogP contribution in [0.25, 0.3) is 0 Å². The minimum Gasteiger partial charge on any atom is -0.456 e. The molecule has 0 saturated carbocycles. The summed E-state index contributed by atoms with van der Waals surface area (Å²) in [7, 11) is 0. The first-order valence-corrected chi connectivity index (χ1v) is 10.8. The van der Waals surface area contributed by atoms with E-state index in [-0.39, 0.29) is 6.61 Å². The third kappa shape index (κ3) is 6.49. The quantitative estimate of drug-likeness (QED) is 0.552. The summed E-state index contributed by atoms with van der Waals surface area (Å²) in [5.74, 6) is 0.223. The number of benzene rings is 1. The lowest BCUT2D eigenvalue weighted by Gasteiger charge is -2.17. The SMILES string of the molecule is CCCCn1nnnc1COC(=O)[C@@H](CCSC)NC(=O)c1ccccc1Cl. The maximum atomic E-state index is 12.6. The molecule has 0 radical (unpaired) electrons. The monoisotopic (exact) mass is 425 g/mol. The number of halogens is 1. The number of carbonyl (C=O) groups is 2. The molecule has 28 heavy (non-hydrogen) atoms. The van der Waals surface area contributed by atoms with Gasteiger partial charge in [0.1, 0.15) is 6.04 Å². The highest BCUT2D eigenvalue weighted by atomic mass is 35.5. The van der Waals surface area contributed by atoms with Crippen molar-refractivity contribution in [1.29, 1.82) is 0 Å². The van der Waals surface area contributed by atoms with Crippen LogP contribution in [0.15, 0.2) is 24.3 Å². The second-order valence-corrected chi connectivity index (χ2v) is 7.46. The third-order valence-electron chi connectivity index (χ3n) is 3.99. The van der Waals surface area contributed by atoms with Crippen LogP contribution >= 0.6 is 23.4 Å². The number of ether oxygens (including phenoxy) is 1. The summed E-state index contributed by atoms with van der Waals surface area (Å²) in [6.07, 6.45) is 4.30. The first-order valence-electron chi connectivity index (χ1n) is 9.02. The van der Waals surface area contributed by atoms with Crippen molar-refractivity contribution in [3.05, 3.63) is 40.7 Å². The van der Waals surface area contributed by atoms with E-state index >= 15 is 0 Å². The number of amides is 1. The summed E-state index contributed by atoms with van der Waals surface area (Å²) < 4.78 is 7.00. The Kier molecular flexibility index (Phi) is 9.22. The molecule has 0 aliphatic carbocycles. The van der Waals surface area contributed by atoms with Crippen LogP contribution in [0.3, 0.4) is 0 Å². The minimum atomic E-state index is -0.781. The lowest BCUT2D eigenvalue weighted by molar-refractivity contribution is -0.147. The second-order valence-electron chi connectivity index (χ2n) is 6.07. The van der Waals surface area contributed by atoms with Crippen molar-refractivity contribution >= 4 is 35.2 Å². The van der Waals surface area contributed by atoms with Crippen LogP contribution in [0.1, 0.15) is 42.4 Å². The minimum absolute atomic E-state index is 0.0483. The lowest BCUT2D eigenvalue weighted by atomic mass is 10.1. The average molecular weight is 426 g/mol. The summed E-state index contributed by atoms with van der Waals surface area (Å²) in [4.78, 5) is 25.1. The molecule has 0 unspecified atom stereocenters. The molecule has 8 nitrogen and oxygen atoms in total. The van der Waals surface area contributed by atoms with Gasteiger partial charge in [0, 0.05) is 6.54 Å². The number of nitrogens with zero attached hydrogens (tertiary/aromatic N) is 4. The van der Waals surface area contributed by atoms with E-state index in [0.29, 0.717) is 35.1 Å². The van der Waals surface area contributed by atoms with Crippen LogP contribution in [0, 0.1) is 0 Å². The smallest absolute Gasteiger partial charge is 0.329 e. The van der Waals surface area contributed by atoms with Crippen LogP contribution in [-0.2, 0) is 22.7 Å². The summed E-state index contributed by atoms with van der Waals surface area (Å²) in [6.45, 7) is 2.69. The average Bonchev–Trinajstić information content (AvgIpc) is 3.15. The molecule has 0 spiro atoms. The normalized spacial score (nSPS) is 11.8. The molecule has 1 heterocycles. The molecule has 2 aromatic rings. The predicted molar refractivity (Wildman–Crippen MR) is 108 cm³/mol. The first-order chi connectivity index (χ1) is 13.6. The third-order valence-corrected chi connectivity index (χ3v) is 4.97. The molecule has 0 bridgehead atoms. The van der Waals surface area contributed by atoms with Gasteiger partial charge in [-0.2, -0.15) is 11.8 Å². The van der Waals surface area contributed by atoms with Gasteiger partial charge in [-0.1, -0.05) is 37.1 Å². The Labute approximate surface area is 173 Å². The fourth-order valence-electron chi connectivity index (χ4n) is 2.41. The van der Waals surface area contributed by atoms with Gasteiger partial charge < -0.3 is 10.1 Å². The van der Waals surface area contributed by atoms with E-state index in [2.05, 4.69) is 27.8 Å². The molecule has 10 heteroatoms. The van der Waals surface area contributed by atoms with E-state index in [4.69, 9.17) is 16.3 Å². The number of carbonyl (C=O) groups excluding carboxylic acids is 2. The number of aryl methyl sites for hydroxylation is 1. The van der Waals surface area contributed by atoms with Gasteiger partial charge in [0.2, 0.25) is 0 Å². The van der Waals surface area contributed by atoms with E-state index in [1.54, 1.807) is 40.7 Å². The Morgan fingerprint density at radius 3 is 2.86 bits per heavy atom. The fraction of sp³-hybridized carbons (Fsp3) is 0.500. The molecule has 0 fully saturated rings. The molecular formula is C18H24ClN5O3S. The number of tetrazole rings is 1. The highest BCUT2D eigenvalue weighted by Gasteiger charge is 2.24. The Morgan fingerprint density at radius 2 is 2.14 bits per heavy atom. The summed E-state index contributed by atoms with van der Waals surface area (Å²) in [6, 6.07) is 5.90. The predicted octanol–water partition coefficient (Wildman–Crippen LogP) is 2.72. The summed E-state index contributed by atoms with van der Waals surface area (Å²) in [5, 5.41) is 14.5. The van der Waals surface area contributed by atoms with Crippen molar-refractivity contribution in [3.63, 3.8) is 0 Å². The van der Waals surface area contributed by atoms with Gasteiger partial charge in [-0.05, 0) is 47.4 Å². The second kappa shape index (κ2) is 11.7. The molecule has 1 atom stereocenters. The largest absolute Gasteiger partial charge is 0.456 e. The summed E-state index contributed by atoms with van der Waals surface area (Å²) in [5.41, 5.74) is 0.314. The molecule has 0 aliphatic rings. The van der Waals surface area contributed by atoms with Gasteiger partial charge in [-0.25, -0.2) is 9.48 Å². The first kappa shape index (κ1) is 22.2. The molecule has 1 aromatic heterocycles. The van der Waals surface area contributed by atoms with Crippen LogP contribution in [0.2, 0.25) is 5.02 Å². The van der Waals surface area contributed by atoms with Crippen LogP contribution < -0.4 is 5.32 Å². The van der Waals surface area contributed by atoms with E-state index < -0.39 is 17.9 Å². The number of rotatable bonds is 11. The standard InChI is InChI=1S/C18H24ClN5O3S/c1-3-4-10-24-16(21-22-23-24)12-27-18(26)15(9-11-28-2)20-17(25)13-7-5-6-8-14(13)19/h5-8,15H,3-4,9-12H2,1-2H3,(H,20,25)/t15-/m1/s1. The maximum Gasteiger partial charge on any atom is 0.329 e. The van der Waals surface area contributed by atoms with Gasteiger partial charge in [0.05, 0.1) is 10.6 Å². The van der Waals surface area contributed by atoms with Crippen molar-refractivity contribution in [1.82, 2.24) is 25.5 Å². The Hall–Kier alpha value is -2.13.